The third-order valence-corrected chi connectivity index (χ3v) is 2.48. The monoisotopic (exact) mass is 304 g/mol. The van der Waals surface area contributed by atoms with Crippen molar-refractivity contribution in [3.63, 3.8) is 0 Å². The molecular weight excluding hydrogens is 289 g/mol. The largest absolute Gasteiger partial charge is 0.491 e. The fourth-order valence-electron chi connectivity index (χ4n) is 1.32. The average Bonchev–Trinajstić information content (AvgIpc) is 2.41. The van der Waals surface area contributed by atoms with Crippen LogP contribution in [-0.4, -0.2) is 36.6 Å². The second kappa shape index (κ2) is 7.68. The van der Waals surface area contributed by atoms with Crippen molar-refractivity contribution in [3.8, 4) is 5.75 Å². The van der Waals surface area contributed by atoms with E-state index in [4.69, 9.17) is 9.84 Å². The van der Waals surface area contributed by atoms with Crippen LogP contribution in [-0.2, 0) is 9.53 Å². The van der Waals surface area contributed by atoms with Gasteiger partial charge in [-0.2, -0.15) is 13.2 Å². The number of benzene rings is 1. The van der Waals surface area contributed by atoms with E-state index in [0.29, 0.717) is 11.3 Å². The lowest BCUT2D eigenvalue weighted by Gasteiger charge is -2.16. The molecule has 1 aromatic rings. The summed E-state index contributed by atoms with van der Waals surface area (Å²) in [5, 5.41) is 8.47. The van der Waals surface area contributed by atoms with Gasteiger partial charge in [0.2, 0.25) is 0 Å². The lowest BCUT2D eigenvalue weighted by molar-refractivity contribution is -0.215. The standard InChI is InChI=1S/C14H15F3O4/c1-10(14(15,16)17)20-8-9-21-12-5-2-11(3-6-12)4-7-13(18)19/h2-7,10H,8-9H2,1H3,(H,18,19). The van der Waals surface area contributed by atoms with Crippen LogP contribution in [0.2, 0.25) is 0 Å². The summed E-state index contributed by atoms with van der Waals surface area (Å²) < 4.78 is 46.3. The summed E-state index contributed by atoms with van der Waals surface area (Å²) in [4.78, 5) is 10.3. The maximum atomic E-state index is 12.2. The van der Waals surface area contributed by atoms with Gasteiger partial charge in [-0.05, 0) is 30.7 Å². The molecule has 0 aliphatic rings. The van der Waals surface area contributed by atoms with Crippen LogP contribution < -0.4 is 4.74 Å². The third kappa shape index (κ3) is 6.80. The molecule has 0 spiro atoms. The quantitative estimate of drug-likeness (QED) is 0.621. The molecular formula is C14H15F3O4. The normalized spacial score (nSPS) is 13.3. The van der Waals surface area contributed by atoms with Crippen LogP contribution in [0.1, 0.15) is 12.5 Å². The minimum absolute atomic E-state index is 0.00919. The van der Waals surface area contributed by atoms with Crippen LogP contribution in [0.3, 0.4) is 0 Å². The smallest absolute Gasteiger partial charge is 0.414 e. The first-order valence-corrected chi connectivity index (χ1v) is 6.11. The highest BCUT2D eigenvalue weighted by Gasteiger charge is 2.36. The Kier molecular flexibility index (Phi) is 6.23. The molecule has 7 heteroatoms. The zero-order valence-electron chi connectivity index (χ0n) is 11.3. The summed E-state index contributed by atoms with van der Waals surface area (Å²) in [6.45, 7) is 0.746. The number of hydrogen-bond acceptors (Lipinski definition) is 3. The summed E-state index contributed by atoms with van der Waals surface area (Å²) in [7, 11) is 0. The van der Waals surface area contributed by atoms with Gasteiger partial charge in [0, 0.05) is 6.08 Å². The van der Waals surface area contributed by atoms with Crippen molar-refractivity contribution in [2.75, 3.05) is 13.2 Å². The molecule has 1 atom stereocenters. The number of aliphatic carboxylic acids is 1. The van der Waals surface area contributed by atoms with E-state index < -0.39 is 18.2 Å². The summed E-state index contributed by atoms with van der Waals surface area (Å²) in [6, 6.07) is 6.45. The van der Waals surface area contributed by atoms with Crippen molar-refractivity contribution in [2.45, 2.75) is 19.2 Å². The van der Waals surface area contributed by atoms with Crippen LogP contribution in [0.4, 0.5) is 13.2 Å². The maximum Gasteiger partial charge on any atom is 0.414 e. The zero-order valence-corrected chi connectivity index (χ0v) is 11.3. The molecule has 21 heavy (non-hydrogen) atoms. The van der Waals surface area contributed by atoms with Gasteiger partial charge in [0.05, 0.1) is 6.61 Å². The lowest BCUT2D eigenvalue weighted by Crippen LogP contribution is -2.29. The van der Waals surface area contributed by atoms with Gasteiger partial charge in [0.25, 0.3) is 0 Å². The minimum Gasteiger partial charge on any atom is -0.491 e. The number of rotatable bonds is 7. The predicted octanol–water partition coefficient (Wildman–Crippen LogP) is 3.13. The molecule has 0 saturated carbocycles. The lowest BCUT2D eigenvalue weighted by atomic mass is 10.2. The predicted molar refractivity (Wildman–Crippen MR) is 70.1 cm³/mol. The molecule has 1 rings (SSSR count). The zero-order chi connectivity index (χ0) is 15.9. The second-order valence-electron chi connectivity index (χ2n) is 4.14. The fraction of sp³-hybridized carbons (Fsp3) is 0.357. The van der Waals surface area contributed by atoms with E-state index in [0.717, 1.165) is 13.0 Å². The number of carboxylic acid groups (broad SMARTS) is 1. The highest BCUT2D eigenvalue weighted by Crippen LogP contribution is 2.22. The molecule has 1 unspecified atom stereocenters. The van der Waals surface area contributed by atoms with Gasteiger partial charge in [0.1, 0.15) is 12.4 Å². The molecule has 0 fully saturated rings. The molecule has 4 nitrogen and oxygen atoms in total. The topological polar surface area (TPSA) is 55.8 Å². The molecule has 0 aromatic heterocycles. The van der Waals surface area contributed by atoms with Crippen LogP contribution in [0.5, 0.6) is 5.75 Å². The summed E-state index contributed by atoms with van der Waals surface area (Å²) >= 11 is 0. The minimum atomic E-state index is -4.38. The van der Waals surface area contributed by atoms with Gasteiger partial charge in [-0.15, -0.1) is 0 Å². The van der Waals surface area contributed by atoms with Crippen LogP contribution in [0.15, 0.2) is 30.3 Å². The van der Waals surface area contributed by atoms with Crippen LogP contribution in [0.25, 0.3) is 6.08 Å². The van der Waals surface area contributed by atoms with Gasteiger partial charge in [-0.1, -0.05) is 12.1 Å². The van der Waals surface area contributed by atoms with Crippen molar-refractivity contribution >= 4 is 12.0 Å². The van der Waals surface area contributed by atoms with E-state index in [1.165, 1.54) is 6.08 Å². The van der Waals surface area contributed by atoms with Crippen molar-refractivity contribution in [1.82, 2.24) is 0 Å². The fourth-order valence-corrected chi connectivity index (χ4v) is 1.32. The first-order chi connectivity index (χ1) is 9.79. The second-order valence-corrected chi connectivity index (χ2v) is 4.14. The molecule has 0 saturated heterocycles. The average molecular weight is 304 g/mol. The Bertz CT molecular complexity index is 480. The van der Waals surface area contributed by atoms with E-state index in [-0.39, 0.29) is 13.2 Å². The number of ether oxygens (including phenoxy) is 2. The van der Waals surface area contributed by atoms with E-state index in [1.807, 2.05) is 0 Å². The van der Waals surface area contributed by atoms with E-state index >= 15 is 0 Å². The third-order valence-electron chi connectivity index (χ3n) is 2.48. The highest BCUT2D eigenvalue weighted by molar-refractivity contribution is 5.85. The van der Waals surface area contributed by atoms with Crippen LogP contribution >= 0.6 is 0 Å². The molecule has 0 heterocycles. The molecule has 0 aliphatic heterocycles. The number of hydrogen-bond donors (Lipinski definition) is 1. The Morgan fingerprint density at radius 3 is 2.43 bits per heavy atom. The summed E-state index contributed by atoms with van der Waals surface area (Å²) in [5.41, 5.74) is 0.673. The number of carboxylic acids is 1. The van der Waals surface area contributed by atoms with Gasteiger partial charge in [-0.25, -0.2) is 4.79 Å². The SMILES string of the molecule is CC(OCCOc1ccc(C=CC(=O)O)cc1)C(F)(F)F. The molecule has 116 valence electrons. The molecule has 0 radical (unpaired) electrons. The van der Waals surface area contributed by atoms with Gasteiger partial charge in [0.15, 0.2) is 6.10 Å². The first-order valence-electron chi connectivity index (χ1n) is 6.11. The van der Waals surface area contributed by atoms with Crippen molar-refractivity contribution in [3.05, 3.63) is 35.9 Å². The molecule has 1 aromatic carbocycles. The maximum absolute atomic E-state index is 12.2. The van der Waals surface area contributed by atoms with Gasteiger partial charge < -0.3 is 14.6 Å². The summed E-state index contributed by atoms with van der Waals surface area (Å²) in [5.74, 6) is -0.586. The Morgan fingerprint density at radius 1 is 1.29 bits per heavy atom. The highest BCUT2D eigenvalue weighted by atomic mass is 19.4. The Labute approximate surface area is 119 Å². The van der Waals surface area contributed by atoms with Gasteiger partial charge >= 0.3 is 12.1 Å². The van der Waals surface area contributed by atoms with E-state index in [1.54, 1.807) is 24.3 Å². The van der Waals surface area contributed by atoms with Crippen molar-refractivity contribution in [1.29, 1.82) is 0 Å². The molecule has 0 amide bonds. The van der Waals surface area contributed by atoms with Gasteiger partial charge in [-0.3, -0.25) is 0 Å². The van der Waals surface area contributed by atoms with Crippen LogP contribution in [0, 0.1) is 0 Å². The Hall–Kier alpha value is -2.02. The molecule has 1 N–H and O–H groups in total. The van der Waals surface area contributed by atoms with Crippen molar-refractivity contribution in [2.24, 2.45) is 0 Å². The Balaban J connectivity index is 2.35. The Morgan fingerprint density at radius 2 is 1.90 bits per heavy atom. The first kappa shape index (κ1) is 17.0. The van der Waals surface area contributed by atoms with E-state index in [9.17, 15) is 18.0 Å². The summed E-state index contributed by atoms with van der Waals surface area (Å²) in [6.07, 6.45) is -3.79. The molecule has 0 bridgehead atoms. The molecule has 0 aliphatic carbocycles. The van der Waals surface area contributed by atoms with Crippen molar-refractivity contribution < 1.29 is 32.5 Å². The van der Waals surface area contributed by atoms with E-state index in [2.05, 4.69) is 4.74 Å². The number of alkyl halides is 3. The number of halogens is 3. The number of carbonyl (C=O) groups is 1.